The Morgan fingerprint density at radius 2 is 2.17 bits per heavy atom. The van der Waals surface area contributed by atoms with Crippen molar-refractivity contribution < 1.29 is 9.90 Å². The van der Waals surface area contributed by atoms with E-state index in [1.54, 1.807) is 24.3 Å². The van der Waals surface area contributed by atoms with E-state index in [0.29, 0.717) is 16.0 Å². The number of thioether (sulfide) groups is 1. The van der Waals surface area contributed by atoms with Crippen LogP contribution in [0, 0.1) is 0 Å². The van der Waals surface area contributed by atoms with E-state index in [2.05, 4.69) is 21.2 Å². The van der Waals surface area contributed by atoms with Gasteiger partial charge in [0.2, 0.25) is 5.91 Å². The van der Waals surface area contributed by atoms with Crippen LogP contribution in [0.5, 0.6) is 5.75 Å². The third-order valence-electron chi connectivity index (χ3n) is 1.97. The number of carbonyl (C=O) groups is 1. The standard InChI is InChI=1S/C10H10N4O2S2/c15-7-3-1-6(2-4-7)11-9(17)13-14-10-12-8(16)5-18-10/h1-4,15H,5H2,(H2,11,13,17)(H,12,14,16). The fraction of sp³-hybridized carbons (Fsp3) is 0.100. The summed E-state index contributed by atoms with van der Waals surface area (Å²) in [4.78, 5) is 10.9. The second-order valence-corrected chi connectivity index (χ2v) is 4.74. The number of phenols is 1. The van der Waals surface area contributed by atoms with E-state index in [1.807, 2.05) is 0 Å². The molecule has 18 heavy (non-hydrogen) atoms. The minimum absolute atomic E-state index is 0.0713. The van der Waals surface area contributed by atoms with Crippen molar-refractivity contribution >= 4 is 45.9 Å². The number of nitrogens with one attached hydrogen (secondary N) is 3. The highest BCUT2D eigenvalue weighted by atomic mass is 32.2. The highest BCUT2D eigenvalue weighted by Gasteiger charge is 2.16. The zero-order valence-corrected chi connectivity index (χ0v) is 10.8. The second kappa shape index (κ2) is 5.69. The van der Waals surface area contributed by atoms with Crippen LogP contribution in [-0.2, 0) is 4.79 Å². The van der Waals surface area contributed by atoms with Gasteiger partial charge in [-0.25, -0.2) is 0 Å². The van der Waals surface area contributed by atoms with Gasteiger partial charge in [0.15, 0.2) is 10.3 Å². The molecule has 0 bridgehead atoms. The van der Waals surface area contributed by atoms with E-state index in [9.17, 15) is 4.79 Å². The maximum absolute atomic E-state index is 10.9. The van der Waals surface area contributed by atoms with Crippen LogP contribution < -0.4 is 16.1 Å². The third-order valence-corrected chi connectivity index (χ3v) is 3.04. The Morgan fingerprint density at radius 1 is 1.44 bits per heavy atom. The molecule has 94 valence electrons. The summed E-state index contributed by atoms with van der Waals surface area (Å²) in [5, 5.41) is 19.3. The minimum atomic E-state index is -0.0713. The predicted octanol–water partition coefficient (Wildman–Crippen LogP) is 0.813. The normalized spacial score (nSPS) is 16.4. The van der Waals surface area contributed by atoms with Gasteiger partial charge in [0.25, 0.3) is 0 Å². The summed E-state index contributed by atoms with van der Waals surface area (Å²) in [5.41, 5.74) is 3.35. The number of hydrogen-bond acceptors (Lipinski definition) is 5. The molecule has 1 heterocycles. The van der Waals surface area contributed by atoms with E-state index in [1.165, 1.54) is 11.8 Å². The van der Waals surface area contributed by atoms with Gasteiger partial charge in [-0.1, -0.05) is 11.8 Å². The zero-order valence-electron chi connectivity index (χ0n) is 9.14. The molecule has 2 rings (SSSR count). The average Bonchev–Trinajstić information content (AvgIpc) is 2.76. The monoisotopic (exact) mass is 282 g/mol. The maximum atomic E-state index is 10.9. The van der Waals surface area contributed by atoms with Gasteiger partial charge in [-0.3, -0.25) is 10.2 Å². The first-order chi connectivity index (χ1) is 8.63. The van der Waals surface area contributed by atoms with Gasteiger partial charge >= 0.3 is 0 Å². The second-order valence-electron chi connectivity index (χ2n) is 3.37. The lowest BCUT2D eigenvalue weighted by atomic mass is 10.3. The van der Waals surface area contributed by atoms with Crippen molar-refractivity contribution in [1.82, 2.24) is 10.7 Å². The summed E-state index contributed by atoms with van der Waals surface area (Å²) in [6.07, 6.45) is 0. The Balaban J connectivity index is 1.85. The van der Waals surface area contributed by atoms with Gasteiger partial charge in [-0.15, -0.1) is 5.10 Å². The van der Waals surface area contributed by atoms with Crippen LogP contribution >= 0.6 is 24.0 Å². The number of nitrogens with zero attached hydrogens (tertiary/aromatic N) is 1. The van der Waals surface area contributed by atoms with Gasteiger partial charge in [-0.2, -0.15) is 0 Å². The average molecular weight is 282 g/mol. The Labute approximate surface area is 113 Å². The van der Waals surface area contributed by atoms with Crippen molar-refractivity contribution in [3.05, 3.63) is 24.3 Å². The molecule has 0 spiro atoms. The van der Waals surface area contributed by atoms with Crippen LogP contribution in [0.25, 0.3) is 0 Å². The molecule has 6 nitrogen and oxygen atoms in total. The highest BCUT2D eigenvalue weighted by Crippen LogP contribution is 2.13. The van der Waals surface area contributed by atoms with Crippen molar-refractivity contribution in [2.75, 3.05) is 11.1 Å². The van der Waals surface area contributed by atoms with Crippen LogP contribution in [0.4, 0.5) is 5.69 Å². The molecule has 1 aromatic carbocycles. The van der Waals surface area contributed by atoms with Crippen molar-refractivity contribution in [3.63, 3.8) is 0 Å². The molecule has 0 saturated carbocycles. The largest absolute Gasteiger partial charge is 0.508 e. The van der Waals surface area contributed by atoms with E-state index >= 15 is 0 Å². The lowest BCUT2D eigenvalue weighted by molar-refractivity contribution is -0.116. The smallest absolute Gasteiger partial charge is 0.236 e. The van der Waals surface area contributed by atoms with Crippen molar-refractivity contribution in [3.8, 4) is 5.75 Å². The molecule has 0 radical (unpaired) electrons. The van der Waals surface area contributed by atoms with E-state index in [4.69, 9.17) is 17.3 Å². The Hall–Kier alpha value is -1.80. The van der Waals surface area contributed by atoms with Gasteiger partial charge in [0, 0.05) is 5.69 Å². The molecule has 1 saturated heterocycles. The van der Waals surface area contributed by atoms with E-state index in [0.717, 1.165) is 5.69 Å². The number of carbonyl (C=O) groups excluding carboxylic acids is 1. The summed E-state index contributed by atoms with van der Waals surface area (Å²) >= 11 is 6.33. The topological polar surface area (TPSA) is 85.8 Å². The van der Waals surface area contributed by atoms with Crippen molar-refractivity contribution in [2.45, 2.75) is 0 Å². The number of rotatable bonds is 2. The lowest BCUT2D eigenvalue weighted by Crippen LogP contribution is -2.28. The number of hydrogen-bond donors (Lipinski definition) is 4. The van der Waals surface area contributed by atoms with Gasteiger partial charge < -0.3 is 15.7 Å². The predicted molar refractivity (Wildman–Crippen MR) is 75.5 cm³/mol. The molecule has 8 heteroatoms. The van der Waals surface area contributed by atoms with E-state index < -0.39 is 0 Å². The molecule has 1 aliphatic heterocycles. The number of amides is 1. The fourth-order valence-electron chi connectivity index (χ4n) is 1.19. The van der Waals surface area contributed by atoms with Gasteiger partial charge in [0.1, 0.15) is 5.75 Å². The van der Waals surface area contributed by atoms with Gasteiger partial charge in [-0.05, 0) is 36.5 Å². The number of hydrazone groups is 1. The maximum Gasteiger partial charge on any atom is 0.236 e. The first kappa shape index (κ1) is 12.7. The minimum Gasteiger partial charge on any atom is -0.508 e. The Bertz CT molecular complexity index is 501. The number of amidine groups is 1. The van der Waals surface area contributed by atoms with Crippen LogP contribution in [-0.4, -0.2) is 27.0 Å². The highest BCUT2D eigenvalue weighted by molar-refractivity contribution is 8.15. The van der Waals surface area contributed by atoms with Crippen LogP contribution in [0.1, 0.15) is 0 Å². The summed E-state index contributed by atoms with van der Waals surface area (Å²) < 4.78 is 0. The van der Waals surface area contributed by atoms with Crippen LogP contribution in [0.3, 0.4) is 0 Å². The summed E-state index contributed by atoms with van der Waals surface area (Å²) in [5.74, 6) is 0.487. The quantitative estimate of drug-likeness (QED) is 0.365. The molecular formula is C10H10N4O2S2. The Morgan fingerprint density at radius 3 is 2.78 bits per heavy atom. The Kier molecular flexibility index (Phi) is 4.00. The molecule has 4 N–H and O–H groups in total. The number of benzene rings is 1. The SMILES string of the molecule is O=C1CSC(=NNC(=S)Nc2ccc(O)cc2)N1. The zero-order chi connectivity index (χ0) is 13.0. The summed E-state index contributed by atoms with van der Waals surface area (Å²) in [6.45, 7) is 0. The number of thiocarbonyl (C=S) groups is 1. The van der Waals surface area contributed by atoms with Crippen LogP contribution in [0.15, 0.2) is 29.4 Å². The molecule has 1 aromatic rings. The van der Waals surface area contributed by atoms with Crippen molar-refractivity contribution in [1.29, 1.82) is 0 Å². The van der Waals surface area contributed by atoms with Crippen molar-refractivity contribution in [2.24, 2.45) is 5.10 Å². The van der Waals surface area contributed by atoms with Crippen LogP contribution in [0.2, 0.25) is 0 Å². The molecule has 1 fully saturated rings. The van der Waals surface area contributed by atoms with E-state index in [-0.39, 0.29) is 11.7 Å². The molecule has 0 aromatic heterocycles. The third kappa shape index (κ3) is 3.60. The molecular weight excluding hydrogens is 272 g/mol. The van der Waals surface area contributed by atoms with Gasteiger partial charge in [0.05, 0.1) is 5.75 Å². The molecule has 0 aliphatic carbocycles. The summed E-state index contributed by atoms with van der Waals surface area (Å²) in [6, 6.07) is 6.46. The number of aromatic hydroxyl groups is 1. The summed E-state index contributed by atoms with van der Waals surface area (Å²) in [7, 11) is 0. The lowest BCUT2D eigenvalue weighted by Gasteiger charge is -2.07. The fourth-order valence-corrected chi connectivity index (χ4v) is 1.99. The number of phenolic OH excluding ortho intramolecular Hbond substituents is 1. The molecule has 0 atom stereocenters. The molecule has 1 amide bonds. The first-order valence-electron chi connectivity index (χ1n) is 5.00. The first-order valence-corrected chi connectivity index (χ1v) is 6.39. The molecule has 1 aliphatic rings. The molecule has 0 unspecified atom stereocenters. The number of anilines is 1.